The van der Waals surface area contributed by atoms with Gasteiger partial charge in [0.15, 0.2) is 17.5 Å². The van der Waals surface area contributed by atoms with Crippen LogP contribution in [-0.2, 0) is 0 Å². The molecule has 9 aromatic rings. The second kappa shape index (κ2) is 10.2. The molecule has 0 amide bonds. The van der Waals surface area contributed by atoms with Gasteiger partial charge in [-0.25, -0.2) is 19.9 Å². The fraction of sp³-hybridized carbons (Fsp3) is 0.0500. The molecule has 9 rings (SSSR count). The van der Waals surface area contributed by atoms with E-state index in [1.54, 1.807) is 0 Å². The van der Waals surface area contributed by atoms with E-state index < -0.39 is 0 Å². The first-order valence-corrected chi connectivity index (χ1v) is 15.3. The van der Waals surface area contributed by atoms with E-state index in [4.69, 9.17) is 24.4 Å². The van der Waals surface area contributed by atoms with Gasteiger partial charge in [-0.05, 0) is 56.3 Å². The third-order valence-electron chi connectivity index (χ3n) is 8.66. The molecule has 0 bridgehead atoms. The lowest BCUT2D eigenvalue weighted by atomic mass is 10.1. The number of aryl methyl sites for hydroxylation is 2. The Morgan fingerprint density at radius 1 is 0.500 bits per heavy atom. The van der Waals surface area contributed by atoms with Crippen molar-refractivity contribution in [2.45, 2.75) is 13.8 Å². The molecule has 218 valence electrons. The van der Waals surface area contributed by atoms with Crippen LogP contribution in [0.4, 0.5) is 0 Å². The molecular weight excluding hydrogens is 566 g/mol. The van der Waals surface area contributed by atoms with Crippen LogP contribution < -0.4 is 0 Å². The van der Waals surface area contributed by atoms with Gasteiger partial charge in [-0.15, -0.1) is 0 Å². The second-order valence-corrected chi connectivity index (χ2v) is 11.8. The Kier molecular flexibility index (Phi) is 5.83. The molecule has 6 nitrogen and oxygen atoms in total. The predicted octanol–water partition coefficient (Wildman–Crippen LogP) is 9.88. The molecular formula is C40H27N5O. The first-order chi connectivity index (χ1) is 22.6. The Bertz CT molecular complexity index is 2480. The van der Waals surface area contributed by atoms with Crippen LogP contribution in [0, 0.1) is 13.8 Å². The van der Waals surface area contributed by atoms with E-state index in [-0.39, 0.29) is 0 Å². The molecule has 0 unspecified atom stereocenters. The Balaban J connectivity index is 1.19. The Hall–Kier alpha value is -6.14. The van der Waals surface area contributed by atoms with Gasteiger partial charge >= 0.3 is 0 Å². The summed E-state index contributed by atoms with van der Waals surface area (Å²) in [7, 11) is 0. The molecule has 0 aliphatic heterocycles. The lowest BCUT2D eigenvalue weighted by Gasteiger charge is -2.09. The first-order valence-electron chi connectivity index (χ1n) is 15.3. The SMILES string of the molecule is Cc1ccc(-c2nc(-c3ccc(C)cc3)nc(-c3ccc4c(c3)oc3cc(-n5c6ccccc6c6cccnc65)ccc34)n2)cc1. The van der Waals surface area contributed by atoms with E-state index >= 15 is 0 Å². The number of para-hydroxylation sites is 1. The largest absolute Gasteiger partial charge is 0.456 e. The summed E-state index contributed by atoms with van der Waals surface area (Å²) in [4.78, 5) is 19.5. The van der Waals surface area contributed by atoms with Crippen LogP contribution in [-0.4, -0.2) is 24.5 Å². The van der Waals surface area contributed by atoms with Crippen molar-refractivity contribution in [3.8, 4) is 39.9 Å². The van der Waals surface area contributed by atoms with Crippen molar-refractivity contribution in [1.82, 2.24) is 24.5 Å². The molecule has 6 heteroatoms. The van der Waals surface area contributed by atoms with Crippen molar-refractivity contribution >= 4 is 43.9 Å². The van der Waals surface area contributed by atoms with Crippen molar-refractivity contribution in [3.63, 3.8) is 0 Å². The fourth-order valence-electron chi connectivity index (χ4n) is 6.27. The van der Waals surface area contributed by atoms with Crippen LogP contribution in [0.3, 0.4) is 0 Å². The lowest BCUT2D eigenvalue weighted by Crippen LogP contribution is -2.00. The van der Waals surface area contributed by atoms with Gasteiger partial charge in [0.2, 0.25) is 0 Å². The Labute approximate surface area is 264 Å². The lowest BCUT2D eigenvalue weighted by molar-refractivity contribution is 0.668. The monoisotopic (exact) mass is 593 g/mol. The second-order valence-electron chi connectivity index (χ2n) is 11.8. The minimum atomic E-state index is 0.598. The number of nitrogens with zero attached hydrogens (tertiary/aromatic N) is 5. The van der Waals surface area contributed by atoms with Gasteiger partial charge in [0.05, 0.1) is 11.2 Å². The van der Waals surface area contributed by atoms with E-state index in [9.17, 15) is 0 Å². The molecule has 0 N–H and O–H groups in total. The maximum absolute atomic E-state index is 6.53. The molecule has 0 aliphatic rings. The van der Waals surface area contributed by atoms with Crippen LogP contribution in [0.2, 0.25) is 0 Å². The van der Waals surface area contributed by atoms with Crippen LogP contribution in [0.1, 0.15) is 11.1 Å². The number of benzene rings is 5. The van der Waals surface area contributed by atoms with E-state index in [1.165, 1.54) is 16.5 Å². The minimum absolute atomic E-state index is 0.598. The van der Waals surface area contributed by atoms with Gasteiger partial charge in [-0.1, -0.05) is 83.9 Å². The van der Waals surface area contributed by atoms with Crippen molar-refractivity contribution in [2.24, 2.45) is 0 Å². The zero-order valence-electron chi connectivity index (χ0n) is 25.3. The average molecular weight is 594 g/mol. The number of aromatic nitrogens is 5. The highest BCUT2D eigenvalue weighted by atomic mass is 16.3. The molecule has 0 fully saturated rings. The summed E-state index contributed by atoms with van der Waals surface area (Å²) in [5, 5.41) is 4.39. The van der Waals surface area contributed by atoms with Crippen molar-refractivity contribution in [2.75, 3.05) is 0 Å². The molecule has 5 aromatic carbocycles. The van der Waals surface area contributed by atoms with Crippen molar-refractivity contribution in [3.05, 3.63) is 139 Å². The summed E-state index contributed by atoms with van der Waals surface area (Å²) in [5.41, 5.74) is 9.74. The van der Waals surface area contributed by atoms with Crippen LogP contribution >= 0.6 is 0 Å². The molecule has 0 atom stereocenters. The number of fused-ring (bicyclic) bond motifs is 6. The van der Waals surface area contributed by atoms with Gasteiger partial charge in [-0.3, -0.25) is 4.57 Å². The van der Waals surface area contributed by atoms with Gasteiger partial charge < -0.3 is 4.42 Å². The zero-order valence-corrected chi connectivity index (χ0v) is 25.3. The topological polar surface area (TPSA) is 69.6 Å². The van der Waals surface area contributed by atoms with Gasteiger partial charge in [0.25, 0.3) is 0 Å². The Morgan fingerprint density at radius 2 is 1.07 bits per heavy atom. The first kappa shape index (κ1) is 26.3. The number of hydrogen-bond donors (Lipinski definition) is 0. The highest BCUT2D eigenvalue weighted by Crippen LogP contribution is 2.36. The molecule has 0 aliphatic carbocycles. The van der Waals surface area contributed by atoms with Gasteiger partial charge in [0.1, 0.15) is 16.8 Å². The summed E-state index contributed by atoms with van der Waals surface area (Å²) in [6.45, 7) is 4.15. The van der Waals surface area contributed by atoms with Gasteiger partial charge in [0, 0.05) is 50.5 Å². The molecule has 0 spiro atoms. The molecule has 46 heavy (non-hydrogen) atoms. The number of rotatable bonds is 4. The van der Waals surface area contributed by atoms with E-state index in [0.717, 1.165) is 60.9 Å². The summed E-state index contributed by atoms with van der Waals surface area (Å²) >= 11 is 0. The van der Waals surface area contributed by atoms with E-state index in [2.05, 4.69) is 128 Å². The molecule has 4 heterocycles. The molecule has 4 aromatic heterocycles. The summed E-state index contributed by atoms with van der Waals surface area (Å²) < 4.78 is 8.73. The number of hydrogen-bond acceptors (Lipinski definition) is 5. The predicted molar refractivity (Wildman–Crippen MR) is 185 cm³/mol. The Morgan fingerprint density at radius 3 is 1.76 bits per heavy atom. The normalized spacial score (nSPS) is 11.7. The fourth-order valence-corrected chi connectivity index (χ4v) is 6.27. The third kappa shape index (κ3) is 4.26. The van der Waals surface area contributed by atoms with Crippen LogP contribution in [0.25, 0.3) is 83.7 Å². The molecule has 0 saturated carbocycles. The maximum atomic E-state index is 6.53. The quantitative estimate of drug-likeness (QED) is 0.203. The number of furan rings is 1. The van der Waals surface area contributed by atoms with Crippen LogP contribution in [0.5, 0.6) is 0 Å². The number of pyridine rings is 1. The third-order valence-corrected chi connectivity index (χ3v) is 8.66. The van der Waals surface area contributed by atoms with Crippen LogP contribution in [0.15, 0.2) is 132 Å². The van der Waals surface area contributed by atoms with E-state index in [0.29, 0.717) is 17.5 Å². The smallest absolute Gasteiger partial charge is 0.164 e. The standard InChI is InChI=1S/C40H27N5O/c1-24-9-13-26(14-10-24)37-42-38(27-15-11-25(2)12-16-27)44-39(43-37)28-17-19-31-32-20-18-29(23-36(32)46-35(31)22-28)45-34-8-4-3-6-30(34)33-7-5-21-41-40(33)45/h3-23H,1-2H3. The summed E-state index contributed by atoms with van der Waals surface area (Å²) in [6, 6.07) is 41.6. The van der Waals surface area contributed by atoms with E-state index in [1.807, 2.05) is 18.3 Å². The summed E-state index contributed by atoms with van der Waals surface area (Å²) in [5.74, 6) is 1.87. The summed E-state index contributed by atoms with van der Waals surface area (Å²) in [6.07, 6.45) is 1.84. The average Bonchev–Trinajstić information content (AvgIpc) is 3.63. The van der Waals surface area contributed by atoms with Crippen molar-refractivity contribution in [1.29, 1.82) is 0 Å². The maximum Gasteiger partial charge on any atom is 0.164 e. The molecule has 0 radical (unpaired) electrons. The zero-order chi connectivity index (χ0) is 30.8. The van der Waals surface area contributed by atoms with Gasteiger partial charge in [-0.2, -0.15) is 0 Å². The molecule has 0 saturated heterocycles. The van der Waals surface area contributed by atoms with Crippen molar-refractivity contribution < 1.29 is 4.42 Å². The minimum Gasteiger partial charge on any atom is -0.456 e. The highest BCUT2D eigenvalue weighted by Gasteiger charge is 2.17. The highest BCUT2D eigenvalue weighted by molar-refractivity contribution is 6.09.